The number of rotatable bonds is 7. The van der Waals surface area contributed by atoms with Gasteiger partial charge in [-0.3, -0.25) is 4.79 Å². The minimum absolute atomic E-state index is 0.0819. The lowest BCUT2D eigenvalue weighted by atomic mass is 9.73. The summed E-state index contributed by atoms with van der Waals surface area (Å²) in [5.41, 5.74) is 5.90. The van der Waals surface area contributed by atoms with Crippen LogP contribution < -0.4 is 10.1 Å². The molecule has 0 radical (unpaired) electrons. The van der Waals surface area contributed by atoms with Crippen molar-refractivity contribution in [3.63, 3.8) is 0 Å². The number of nitrogens with zero attached hydrogens (tertiary/aromatic N) is 2. The normalized spacial score (nSPS) is 17.7. The summed E-state index contributed by atoms with van der Waals surface area (Å²) in [6.45, 7) is 2.38. The average Bonchev–Trinajstić information content (AvgIpc) is 3.68. The predicted molar refractivity (Wildman–Crippen MR) is 166 cm³/mol. The van der Waals surface area contributed by atoms with Crippen molar-refractivity contribution in [1.82, 2.24) is 9.78 Å². The molecule has 0 spiro atoms. The molecule has 8 heteroatoms. The van der Waals surface area contributed by atoms with Crippen molar-refractivity contribution in [1.29, 1.82) is 0 Å². The first kappa shape index (κ1) is 26.9. The van der Waals surface area contributed by atoms with Crippen molar-refractivity contribution in [2.75, 3.05) is 5.32 Å². The number of aromatic nitrogens is 2. The van der Waals surface area contributed by atoms with Crippen molar-refractivity contribution < 1.29 is 19.4 Å². The van der Waals surface area contributed by atoms with E-state index in [0.717, 1.165) is 39.4 Å². The van der Waals surface area contributed by atoms with Crippen LogP contribution in [0.15, 0.2) is 108 Å². The zero-order chi connectivity index (χ0) is 29.5. The van der Waals surface area contributed by atoms with Gasteiger partial charge in [0.1, 0.15) is 18.2 Å². The third kappa shape index (κ3) is 4.93. The maximum Gasteiger partial charge on any atom is 0.337 e. The minimum atomic E-state index is -1.03. The van der Waals surface area contributed by atoms with Crippen LogP contribution in [0.2, 0.25) is 0 Å². The van der Waals surface area contributed by atoms with Gasteiger partial charge in [0.2, 0.25) is 0 Å². The van der Waals surface area contributed by atoms with Gasteiger partial charge in [0.05, 0.1) is 16.9 Å². The first-order chi connectivity index (χ1) is 21.0. The molecule has 7 rings (SSSR count). The predicted octanol–water partition coefficient (Wildman–Crippen LogP) is 7.48. The van der Waals surface area contributed by atoms with Crippen LogP contribution in [0.25, 0.3) is 5.69 Å². The fourth-order valence-corrected chi connectivity index (χ4v) is 7.08. The van der Waals surface area contributed by atoms with E-state index < -0.39 is 5.97 Å². The largest absolute Gasteiger partial charge is 0.489 e. The lowest BCUT2D eigenvalue weighted by Crippen LogP contribution is -2.30. The van der Waals surface area contributed by atoms with Crippen molar-refractivity contribution in [2.45, 2.75) is 38.2 Å². The Kier molecular flexibility index (Phi) is 6.91. The Hall–Kier alpha value is -4.95. The molecule has 3 aromatic carbocycles. The monoisotopic (exact) mass is 587 g/mol. The van der Waals surface area contributed by atoms with Crippen LogP contribution in [0.1, 0.15) is 62.3 Å². The van der Waals surface area contributed by atoms with Gasteiger partial charge in [-0.1, -0.05) is 60.7 Å². The Bertz CT molecular complexity index is 1860. The van der Waals surface area contributed by atoms with E-state index in [1.165, 1.54) is 4.88 Å². The number of carboxylic acids is 1. The van der Waals surface area contributed by atoms with Gasteiger partial charge in [0.25, 0.3) is 0 Å². The molecular formula is C35H29N3O4S. The average molecular weight is 588 g/mol. The summed E-state index contributed by atoms with van der Waals surface area (Å²) >= 11 is 1.67. The van der Waals surface area contributed by atoms with Gasteiger partial charge in [-0.25, -0.2) is 9.48 Å². The molecule has 3 heterocycles. The SMILES string of the molecule is Cc1nn(-c2ccccc2C(=O)O)c2c1C(c1ccc(OCc3ccccc3)cc1)C1=C(CC(c3cccs3)CC1=O)N2. The molecule has 7 nitrogen and oxygen atoms in total. The lowest BCUT2D eigenvalue weighted by Gasteiger charge is -2.35. The zero-order valence-corrected chi connectivity index (χ0v) is 24.3. The number of carboxylic acid groups (broad SMARTS) is 1. The van der Waals surface area contributed by atoms with E-state index in [2.05, 4.69) is 11.4 Å². The Morgan fingerprint density at radius 2 is 1.77 bits per heavy atom. The zero-order valence-electron chi connectivity index (χ0n) is 23.5. The van der Waals surface area contributed by atoms with Crippen LogP contribution >= 0.6 is 11.3 Å². The molecule has 0 fully saturated rings. The number of thiophene rings is 1. The number of aryl methyl sites for hydroxylation is 1. The number of ether oxygens (including phenoxy) is 1. The molecule has 43 heavy (non-hydrogen) atoms. The summed E-state index contributed by atoms with van der Waals surface area (Å²) in [6, 6.07) is 28.9. The van der Waals surface area contributed by atoms with Crippen LogP contribution in [-0.2, 0) is 11.4 Å². The van der Waals surface area contributed by atoms with Gasteiger partial charge in [0, 0.05) is 40.0 Å². The van der Waals surface area contributed by atoms with Gasteiger partial charge < -0.3 is 15.2 Å². The molecule has 2 N–H and O–H groups in total. The van der Waals surface area contributed by atoms with Crippen LogP contribution in [0.3, 0.4) is 0 Å². The summed E-state index contributed by atoms with van der Waals surface area (Å²) in [7, 11) is 0. The molecular weight excluding hydrogens is 558 g/mol. The van der Waals surface area contributed by atoms with Crippen LogP contribution in [0.4, 0.5) is 5.82 Å². The van der Waals surface area contributed by atoms with Crippen LogP contribution in [-0.4, -0.2) is 26.6 Å². The number of aromatic carboxylic acids is 1. The van der Waals surface area contributed by atoms with E-state index >= 15 is 0 Å². The Morgan fingerprint density at radius 1 is 1.00 bits per heavy atom. The maximum absolute atomic E-state index is 14.0. The number of nitrogens with one attached hydrogen (secondary N) is 1. The number of anilines is 1. The van der Waals surface area contributed by atoms with Gasteiger partial charge in [-0.15, -0.1) is 11.3 Å². The first-order valence-corrected chi connectivity index (χ1v) is 15.1. The summed E-state index contributed by atoms with van der Waals surface area (Å²) in [5, 5.41) is 20.4. The number of carbonyl (C=O) groups is 2. The second kappa shape index (κ2) is 11.0. The standard InChI is InChI=1S/C35H29N3O4S/c1-21-31-32(23-13-15-25(16-14-23)42-20-22-8-3-2-4-9-22)33-27(18-24(19-29(33)39)30-12-7-17-43-30)36-34(31)38(37-21)28-11-6-5-10-26(28)35(40)41/h2-17,24,32,36H,18-20H2,1H3,(H,40,41). The minimum Gasteiger partial charge on any atom is -0.489 e. The van der Waals surface area contributed by atoms with E-state index in [4.69, 9.17) is 9.84 Å². The molecule has 0 saturated carbocycles. The van der Waals surface area contributed by atoms with Crippen molar-refractivity contribution >= 4 is 28.9 Å². The highest BCUT2D eigenvalue weighted by molar-refractivity contribution is 7.10. The van der Waals surface area contributed by atoms with Gasteiger partial charge in [-0.05, 0) is 60.2 Å². The van der Waals surface area contributed by atoms with E-state index in [1.807, 2.05) is 73.0 Å². The molecule has 2 aliphatic rings. The van der Waals surface area contributed by atoms with Gasteiger partial charge in [-0.2, -0.15) is 5.10 Å². The van der Waals surface area contributed by atoms with E-state index in [-0.39, 0.29) is 23.2 Å². The molecule has 2 unspecified atom stereocenters. The third-order valence-corrected chi connectivity index (χ3v) is 9.27. The fourth-order valence-electron chi connectivity index (χ4n) is 6.25. The molecule has 0 saturated heterocycles. The molecule has 2 atom stereocenters. The van der Waals surface area contributed by atoms with E-state index in [9.17, 15) is 14.7 Å². The van der Waals surface area contributed by atoms with Gasteiger partial charge >= 0.3 is 5.97 Å². The Balaban J connectivity index is 1.32. The topological polar surface area (TPSA) is 93.5 Å². The van der Waals surface area contributed by atoms with Crippen molar-refractivity contribution in [3.05, 3.63) is 140 Å². The highest BCUT2D eigenvalue weighted by Crippen LogP contribution is 2.50. The Labute approximate surface area is 253 Å². The number of hydrogen-bond acceptors (Lipinski definition) is 6. The highest BCUT2D eigenvalue weighted by atomic mass is 32.1. The van der Waals surface area contributed by atoms with Crippen molar-refractivity contribution in [3.8, 4) is 11.4 Å². The number of ketones is 1. The number of benzene rings is 3. The lowest BCUT2D eigenvalue weighted by molar-refractivity contribution is -0.116. The molecule has 1 aliphatic heterocycles. The summed E-state index contributed by atoms with van der Waals surface area (Å²) in [6.07, 6.45) is 1.13. The van der Waals surface area contributed by atoms with E-state index in [1.54, 1.807) is 40.3 Å². The summed E-state index contributed by atoms with van der Waals surface area (Å²) < 4.78 is 7.73. The second-order valence-electron chi connectivity index (χ2n) is 10.9. The third-order valence-electron chi connectivity index (χ3n) is 8.23. The second-order valence-corrected chi connectivity index (χ2v) is 11.9. The number of para-hydroxylation sites is 1. The van der Waals surface area contributed by atoms with Crippen molar-refractivity contribution in [2.24, 2.45) is 0 Å². The summed E-state index contributed by atoms with van der Waals surface area (Å²) in [4.78, 5) is 27.3. The quantitative estimate of drug-likeness (QED) is 0.205. The smallest absolute Gasteiger partial charge is 0.337 e. The maximum atomic E-state index is 14.0. The molecule has 5 aromatic rings. The number of Topliss-reactive ketones (excluding diaryl/α,β-unsaturated/α-hetero) is 1. The van der Waals surface area contributed by atoms with Gasteiger partial charge in [0.15, 0.2) is 5.78 Å². The molecule has 214 valence electrons. The number of hydrogen-bond donors (Lipinski definition) is 2. The fraction of sp³-hybridized carbons (Fsp3) is 0.171. The van der Waals surface area contributed by atoms with Crippen LogP contribution in [0, 0.1) is 6.92 Å². The number of carbonyl (C=O) groups excluding carboxylic acids is 1. The summed E-state index contributed by atoms with van der Waals surface area (Å²) in [5.74, 6) is 0.257. The highest BCUT2D eigenvalue weighted by Gasteiger charge is 2.41. The Morgan fingerprint density at radius 3 is 2.51 bits per heavy atom. The molecule has 0 amide bonds. The molecule has 1 aliphatic carbocycles. The number of fused-ring (bicyclic) bond motifs is 1. The first-order valence-electron chi connectivity index (χ1n) is 14.2. The van der Waals surface area contributed by atoms with E-state index in [0.29, 0.717) is 31.0 Å². The number of allylic oxidation sites excluding steroid dienone is 2. The molecule has 2 aromatic heterocycles. The van der Waals surface area contributed by atoms with Crippen LogP contribution in [0.5, 0.6) is 5.75 Å². The molecule has 0 bridgehead atoms.